The third-order valence-electron chi connectivity index (χ3n) is 3.91. The summed E-state index contributed by atoms with van der Waals surface area (Å²) in [6, 6.07) is 17.9. The van der Waals surface area contributed by atoms with Gasteiger partial charge in [-0.25, -0.2) is 9.37 Å². The van der Waals surface area contributed by atoms with Crippen molar-refractivity contribution in [3.63, 3.8) is 0 Å². The van der Waals surface area contributed by atoms with Crippen LogP contribution < -0.4 is 0 Å². The van der Waals surface area contributed by atoms with E-state index in [1.54, 1.807) is 19.2 Å². The summed E-state index contributed by atoms with van der Waals surface area (Å²) in [6.07, 6.45) is 0. The molecule has 3 rings (SSSR count). The van der Waals surface area contributed by atoms with Crippen molar-refractivity contribution >= 4 is 18.9 Å². The van der Waals surface area contributed by atoms with Gasteiger partial charge in [0.1, 0.15) is 5.01 Å². The number of alkyl halides is 1. The molecule has 1 aromatic heterocycles. The van der Waals surface area contributed by atoms with E-state index in [1.807, 2.05) is 54.6 Å². The van der Waals surface area contributed by atoms with Gasteiger partial charge in [0.2, 0.25) is 0 Å². The third kappa shape index (κ3) is 4.53. The van der Waals surface area contributed by atoms with Gasteiger partial charge in [-0.15, -0.1) is 11.3 Å². The first kappa shape index (κ1) is 19.9. The molecule has 0 amide bonds. The van der Waals surface area contributed by atoms with E-state index in [2.05, 4.69) is 4.98 Å². The number of rotatable bonds is 8. The number of nitrogens with zero attached hydrogens (tertiary/aromatic N) is 1. The molecule has 0 fully saturated rings. The summed E-state index contributed by atoms with van der Waals surface area (Å²) < 4.78 is 37.6. The van der Waals surface area contributed by atoms with Gasteiger partial charge in [0, 0.05) is 10.9 Å². The molecule has 4 nitrogen and oxygen atoms in total. The fraction of sp³-hybridized carbons (Fsp3) is 0.250. The lowest BCUT2D eigenvalue weighted by atomic mass is 10.0. The first-order chi connectivity index (χ1) is 13.1. The standard InChI is InChI=1S/C20H21FNO3PS/c1-3-24-26(23,25-4-2)19(21)20-22-18(14-27-20)17-12-10-16(11-13-17)15-8-6-5-7-9-15/h5-14,19H,3-4H2,1-2H3. The molecule has 2 aromatic carbocycles. The highest BCUT2D eigenvalue weighted by Crippen LogP contribution is 2.62. The summed E-state index contributed by atoms with van der Waals surface area (Å²) in [7, 11) is -3.88. The number of aromatic nitrogens is 1. The smallest absolute Gasteiger partial charge is 0.307 e. The second kappa shape index (κ2) is 8.89. The summed E-state index contributed by atoms with van der Waals surface area (Å²) in [4.78, 5) is 4.32. The molecule has 0 bridgehead atoms. The van der Waals surface area contributed by atoms with Crippen LogP contribution in [0.3, 0.4) is 0 Å². The van der Waals surface area contributed by atoms with Crippen molar-refractivity contribution in [3.05, 3.63) is 65.0 Å². The molecule has 1 atom stereocenters. The maximum absolute atomic E-state index is 14.8. The van der Waals surface area contributed by atoms with Gasteiger partial charge < -0.3 is 9.05 Å². The quantitative estimate of drug-likeness (QED) is 0.391. The van der Waals surface area contributed by atoms with E-state index < -0.39 is 13.5 Å². The van der Waals surface area contributed by atoms with Crippen LogP contribution in [0.1, 0.15) is 24.8 Å². The zero-order chi connectivity index (χ0) is 19.3. The molecule has 0 N–H and O–H groups in total. The Hall–Kier alpha value is -1.85. The Morgan fingerprint density at radius 3 is 2.11 bits per heavy atom. The van der Waals surface area contributed by atoms with Crippen molar-refractivity contribution < 1.29 is 18.0 Å². The Morgan fingerprint density at radius 2 is 1.52 bits per heavy atom. The van der Waals surface area contributed by atoms with Crippen molar-refractivity contribution in [3.8, 4) is 22.4 Å². The van der Waals surface area contributed by atoms with Gasteiger partial charge in [-0.05, 0) is 25.0 Å². The van der Waals surface area contributed by atoms with Crippen LogP contribution >= 0.6 is 18.9 Å². The van der Waals surface area contributed by atoms with Gasteiger partial charge in [-0.2, -0.15) is 0 Å². The highest BCUT2D eigenvalue weighted by Gasteiger charge is 2.39. The number of halogens is 1. The second-order valence-corrected chi connectivity index (χ2v) is 8.66. The molecular formula is C20H21FNO3PS. The van der Waals surface area contributed by atoms with E-state index in [-0.39, 0.29) is 18.2 Å². The largest absolute Gasteiger partial charge is 0.371 e. The maximum atomic E-state index is 14.8. The molecule has 27 heavy (non-hydrogen) atoms. The Morgan fingerprint density at radius 1 is 0.963 bits per heavy atom. The lowest BCUT2D eigenvalue weighted by Gasteiger charge is -2.18. The number of thiazole rings is 1. The highest BCUT2D eigenvalue weighted by molar-refractivity contribution is 7.54. The van der Waals surface area contributed by atoms with Crippen LogP contribution in [0.5, 0.6) is 0 Å². The van der Waals surface area contributed by atoms with Crippen LogP contribution in [-0.4, -0.2) is 18.2 Å². The molecule has 142 valence electrons. The molecule has 0 aliphatic carbocycles. The average molecular weight is 405 g/mol. The van der Waals surface area contributed by atoms with Crippen LogP contribution in [0.15, 0.2) is 60.0 Å². The van der Waals surface area contributed by atoms with Crippen LogP contribution in [0.2, 0.25) is 0 Å². The topological polar surface area (TPSA) is 48.4 Å². The summed E-state index contributed by atoms with van der Waals surface area (Å²) in [5.41, 5.74) is 3.72. The van der Waals surface area contributed by atoms with E-state index in [1.165, 1.54) is 0 Å². The minimum atomic E-state index is -3.88. The van der Waals surface area contributed by atoms with Gasteiger partial charge in [0.15, 0.2) is 0 Å². The Labute approximate surface area is 162 Å². The van der Waals surface area contributed by atoms with Crippen molar-refractivity contribution in [2.75, 3.05) is 13.2 Å². The minimum Gasteiger partial charge on any atom is -0.307 e. The fourth-order valence-corrected chi connectivity index (χ4v) is 5.30. The Kier molecular flexibility index (Phi) is 6.55. The molecule has 0 radical (unpaired) electrons. The molecule has 0 aliphatic rings. The van der Waals surface area contributed by atoms with Crippen molar-refractivity contribution in [1.29, 1.82) is 0 Å². The first-order valence-corrected chi connectivity index (χ1v) is 11.2. The highest BCUT2D eigenvalue weighted by atomic mass is 32.1. The predicted octanol–water partition coefficient (Wildman–Crippen LogP) is 6.71. The van der Waals surface area contributed by atoms with E-state index in [4.69, 9.17) is 9.05 Å². The van der Waals surface area contributed by atoms with Crippen LogP contribution in [0.25, 0.3) is 22.4 Å². The van der Waals surface area contributed by atoms with Crippen molar-refractivity contribution in [2.45, 2.75) is 19.8 Å². The maximum Gasteiger partial charge on any atom is 0.371 e. The van der Waals surface area contributed by atoms with E-state index >= 15 is 0 Å². The first-order valence-electron chi connectivity index (χ1n) is 8.71. The van der Waals surface area contributed by atoms with E-state index in [0.29, 0.717) is 5.69 Å². The van der Waals surface area contributed by atoms with E-state index in [9.17, 15) is 8.96 Å². The predicted molar refractivity (Wildman–Crippen MR) is 108 cm³/mol. The number of hydrogen-bond donors (Lipinski definition) is 0. The molecule has 7 heteroatoms. The zero-order valence-corrected chi connectivity index (χ0v) is 16.9. The van der Waals surface area contributed by atoms with Crippen LogP contribution in [0, 0.1) is 0 Å². The summed E-state index contributed by atoms with van der Waals surface area (Å²) >= 11 is 1.11. The molecule has 0 saturated heterocycles. The molecule has 1 heterocycles. The second-order valence-electron chi connectivity index (χ2n) is 5.73. The molecule has 0 saturated carbocycles. The van der Waals surface area contributed by atoms with Gasteiger partial charge in [0.05, 0.1) is 18.9 Å². The molecule has 0 spiro atoms. The lowest BCUT2D eigenvalue weighted by molar-refractivity contribution is 0.190. The number of hydrogen-bond acceptors (Lipinski definition) is 5. The third-order valence-corrected chi connectivity index (χ3v) is 7.00. The summed E-state index contributed by atoms with van der Waals surface area (Å²) in [6.45, 7) is 3.52. The zero-order valence-electron chi connectivity index (χ0n) is 15.2. The monoisotopic (exact) mass is 405 g/mol. The van der Waals surface area contributed by atoms with Gasteiger partial charge in [-0.3, -0.25) is 4.57 Å². The van der Waals surface area contributed by atoms with Crippen molar-refractivity contribution in [2.24, 2.45) is 0 Å². The van der Waals surface area contributed by atoms with Crippen molar-refractivity contribution in [1.82, 2.24) is 4.98 Å². The molecular weight excluding hydrogens is 384 g/mol. The Balaban J connectivity index is 1.82. The van der Waals surface area contributed by atoms with Crippen LogP contribution in [0.4, 0.5) is 4.39 Å². The SMILES string of the molecule is CCOP(=O)(OCC)C(F)c1nc(-c2ccc(-c3ccccc3)cc2)cs1. The lowest BCUT2D eigenvalue weighted by Crippen LogP contribution is -2.02. The van der Waals surface area contributed by atoms with Gasteiger partial charge in [-0.1, -0.05) is 54.6 Å². The van der Waals surface area contributed by atoms with E-state index in [0.717, 1.165) is 28.0 Å². The van der Waals surface area contributed by atoms with Gasteiger partial charge in [0.25, 0.3) is 5.91 Å². The van der Waals surface area contributed by atoms with Crippen LogP contribution in [-0.2, 0) is 13.6 Å². The fourth-order valence-electron chi connectivity index (χ4n) is 2.66. The number of benzene rings is 2. The molecule has 3 aromatic rings. The summed E-state index contributed by atoms with van der Waals surface area (Å²) in [5, 5.41) is 1.85. The Bertz CT molecular complexity index is 904. The molecule has 1 unspecified atom stereocenters. The minimum absolute atomic E-state index is 0.0994. The average Bonchev–Trinajstić information content (AvgIpc) is 3.19. The van der Waals surface area contributed by atoms with Gasteiger partial charge >= 0.3 is 7.60 Å². The normalized spacial score (nSPS) is 12.9. The summed E-state index contributed by atoms with van der Waals surface area (Å²) in [5.74, 6) is -1.89. The molecule has 0 aliphatic heterocycles.